The number of aliphatic hydroxyl groups excluding tert-OH is 2. The highest BCUT2D eigenvalue weighted by molar-refractivity contribution is 7.73. The third-order valence-corrected chi connectivity index (χ3v) is 7.45. The summed E-state index contributed by atoms with van der Waals surface area (Å²) in [4.78, 5) is 80.6. The molecule has 0 amide bonds. The molecule has 2 heterocycles. The van der Waals surface area contributed by atoms with Crippen molar-refractivity contribution in [2.75, 3.05) is 6.61 Å². The van der Waals surface area contributed by atoms with Crippen molar-refractivity contribution in [2.45, 2.75) is 24.5 Å². The Morgan fingerprint density at radius 1 is 1.34 bits per heavy atom. The van der Waals surface area contributed by atoms with E-state index < -0.39 is 66.7 Å². The summed E-state index contributed by atoms with van der Waals surface area (Å²) in [6.45, 7) is -0.974. The molecule has 5 atom stereocenters. The van der Waals surface area contributed by atoms with Crippen molar-refractivity contribution in [3.8, 4) is 5.88 Å². The average Bonchev–Trinajstić information content (AvgIpc) is 2.79. The van der Waals surface area contributed by atoms with Gasteiger partial charge in [0.05, 0.1) is 6.61 Å². The summed E-state index contributed by atoms with van der Waals surface area (Å²) in [5, 5.41) is 30.5. The summed E-state index contributed by atoms with van der Waals surface area (Å²) in [5.74, 6) is -0.913. The summed E-state index contributed by atoms with van der Waals surface area (Å²) in [5.41, 5.74) is -1.19. The van der Waals surface area contributed by atoms with E-state index in [-0.39, 0.29) is 0 Å². The summed E-state index contributed by atoms with van der Waals surface area (Å²) in [6, 6.07) is 0.820. The third-order valence-electron chi connectivity index (χ3n) is 3.28. The van der Waals surface area contributed by atoms with E-state index in [1.807, 2.05) is 0 Å². The highest BCUT2D eigenvalue weighted by Gasteiger charge is 2.50. The lowest BCUT2D eigenvalue weighted by Gasteiger charge is -2.43. The number of phosphoric acid groups is 1. The van der Waals surface area contributed by atoms with Crippen LogP contribution in [-0.4, -0.2) is 49.6 Å². The standard InChI is InChI=1S/C9H16N3O14P3/c13-3-4-7(25-27(17,18)11-28(19,20)26-29(21,22)23)6(15)8(24-4)12-2-1-5(14)10-9(12)16/h1-2,4,6-8,13,15H,3H2,(H,10,14,16)(H2,21,22,23)(H3,11,17,18,19,20)/p-4/t4-,6-,7-,8-/m1/s1. The lowest BCUT2D eigenvalue weighted by atomic mass is 10.1. The Balaban J connectivity index is 2.20. The molecule has 20 heteroatoms. The second-order valence-corrected chi connectivity index (χ2v) is 10.0. The molecule has 1 unspecified atom stereocenters. The quantitative estimate of drug-likeness (QED) is 0.252. The van der Waals surface area contributed by atoms with Crippen LogP contribution in [0.15, 0.2) is 17.1 Å². The van der Waals surface area contributed by atoms with Crippen molar-refractivity contribution in [1.29, 1.82) is 0 Å². The summed E-state index contributed by atoms with van der Waals surface area (Å²) in [6.07, 6.45) is -6.44. The zero-order valence-corrected chi connectivity index (χ0v) is 16.4. The van der Waals surface area contributed by atoms with E-state index in [1.165, 1.54) is 0 Å². The smallest absolute Gasteiger partial charge is 0.349 e. The molecular formula is C9H12N3O14P3-4. The number of rotatable bonds is 8. The zero-order chi connectivity index (χ0) is 22.2. The second-order valence-electron chi connectivity index (χ2n) is 5.41. The van der Waals surface area contributed by atoms with Crippen LogP contribution >= 0.6 is 24.0 Å². The van der Waals surface area contributed by atoms with E-state index in [0.717, 1.165) is 12.3 Å². The van der Waals surface area contributed by atoms with Gasteiger partial charge in [-0.1, -0.05) is 0 Å². The monoisotopic (exact) mass is 479 g/mol. The number of nitrogens with one attached hydrogen (secondary N) is 1. The van der Waals surface area contributed by atoms with Gasteiger partial charge in [-0.2, -0.15) is 4.31 Å². The van der Waals surface area contributed by atoms with Gasteiger partial charge in [0.15, 0.2) is 28.5 Å². The number of ether oxygens (including phenoxy) is 1. The van der Waals surface area contributed by atoms with Crippen molar-refractivity contribution < 1.29 is 62.8 Å². The zero-order valence-electron chi connectivity index (χ0n) is 13.7. The molecule has 4 N–H and O–H groups in total. The first-order chi connectivity index (χ1) is 13.1. The highest BCUT2D eigenvalue weighted by atomic mass is 31.3. The Hall–Kier alpha value is -0.710. The fourth-order valence-corrected chi connectivity index (χ4v) is 5.84. The lowest BCUT2D eigenvalue weighted by Crippen LogP contribution is -2.48. The van der Waals surface area contributed by atoms with Crippen molar-refractivity contribution in [3.05, 3.63) is 22.7 Å². The maximum Gasteiger partial charge on any atom is 0.349 e. The first-order valence-electron chi connectivity index (χ1n) is 7.20. The van der Waals surface area contributed by atoms with E-state index >= 15 is 0 Å². The van der Waals surface area contributed by atoms with Gasteiger partial charge in [-0.3, -0.25) is 9.13 Å². The van der Waals surface area contributed by atoms with Crippen LogP contribution in [-0.2, 0) is 18.1 Å². The molecule has 0 spiro atoms. The fourth-order valence-electron chi connectivity index (χ4n) is 2.31. The number of hydrogen-bond donors (Lipinski definition) is 4. The minimum atomic E-state index is -5.94. The third kappa shape index (κ3) is 6.63. The Bertz CT molecular complexity index is 828. The van der Waals surface area contributed by atoms with Gasteiger partial charge >= 0.3 is 13.5 Å². The molecule has 0 radical (unpaired) electrons. The van der Waals surface area contributed by atoms with Gasteiger partial charge in [0.1, 0.15) is 12.2 Å². The summed E-state index contributed by atoms with van der Waals surface area (Å²) in [7, 11) is -17.6. The number of aromatic nitrogens is 2. The SMILES string of the molecule is O=c1nc([O-])ccn1[C@@H]1O[C@H](CO)[C@@H](O[P+]([O-])([O-])N[P+]([O-])([O-])OP(=O)([O-])O)[C@H]1O. The molecule has 17 nitrogen and oxygen atoms in total. The van der Waals surface area contributed by atoms with Crippen molar-refractivity contribution in [3.63, 3.8) is 0 Å². The predicted octanol–water partition coefficient (Wildman–Crippen LogP) is -7.18. The molecule has 1 aliphatic heterocycles. The first kappa shape index (κ1) is 24.6. The molecule has 1 fully saturated rings. The van der Waals surface area contributed by atoms with Gasteiger partial charge in [0, 0.05) is 6.20 Å². The van der Waals surface area contributed by atoms with Crippen molar-refractivity contribution in [1.82, 2.24) is 14.4 Å². The van der Waals surface area contributed by atoms with Crippen LogP contribution in [0.4, 0.5) is 0 Å². The molecule has 1 aliphatic rings. The van der Waals surface area contributed by atoms with Crippen LogP contribution in [0.5, 0.6) is 5.88 Å². The van der Waals surface area contributed by atoms with Crippen LogP contribution in [0.1, 0.15) is 6.23 Å². The Labute approximate surface area is 161 Å². The molecule has 0 aliphatic carbocycles. The van der Waals surface area contributed by atoms with E-state index in [1.54, 1.807) is 0 Å². The molecule has 0 saturated carbocycles. The van der Waals surface area contributed by atoms with Gasteiger partial charge in [0.2, 0.25) is 0 Å². The number of hydrogen-bond acceptors (Lipinski definition) is 15. The highest BCUT2D eigenvalue weighted by Crippen LogP contribution is 2.59. The van der Waals surface area contributed by atoms with E-state index in [2.05, 4.69) is 13.8 Å². The molecule has 29 heavy (non-hydrogen) atoms. The van der Waals surface area contributed by atoms with Gasteiger partial charge in [-0.15, -0.1) is 0 Å². The Morgan fingerprint density at radius 2 is 1.97 bits per heavy atom. The Kier molecular flexibility index (Phi) is 7.45. The molecule has 1 aromatic heterocycles. The minimum absolute atomic E-state index is 0.586. The normalized spacial score (nSPS) is 27.7. The fraction of sp³-hybridized carbons (Fsp3) is 0.556. The molecule has 166 valence electrons. The Morgan fingerprint density at radius 3 is 2.48 bits per heavy atom. The van der Waals surface area contributed by atoms with Crippen LogP contribution in [0, 0.1) is 0 Å². The molecule has 1 saturated heterocycles. The largest absolute Gasteiger partial charge is 0.858 e. The van der Waals surface area contributed by atoms with E-state index in [4.69, 9.17) is 9.63 Å². The van der Waals surface area contributed by atoms with Gasteiger partial charge in [-0.05, 0) is 16.8 Å². The minimum Gasteiger partial charge on any atom is -0.858 e. The van der Waals surface area contributed by atoms with Crippen LogP contribution < -0.4 is 40.1 Å². The molecule has 2 rings (SSSR count). The first-order valence-corrected chi connectivity index (χ1v) is 11.8. The molecule has 1 aromatic rings. The maximum absolute atomic E-state index is 11.8. The average molecular weight is 479 g/mol. The predicted molar refractivity (Wildman–Crippen MR) is 77.7 cm³/mol. The second kappa shape index (κ2) is 8.80. The maximum atomic E-state index is 11.8. The van der Waals surface area contributed by atoms with Crippen LogP contribution in [0.2, 0.25) is 0 Å². The van der Waals surface area contributed by atoms with E-state index in [9.17, 15) is 49.1 Å². The van der Waals surface area contributed by atoms with Gasteiger partial charge in [0.25, 0.3) is 0 Å². The topological polar surface area (TPSA) is 291 Å². The molecule has 0 bridgehead atoms. The van der Waals surface area contributed by atoms with Crippen LogP contribution in [0.25, 0.3) is 0 Å². The van der Waals surface area contributed by atoms with Crippen molar-refractivity contribution in [2.24, 2.45) is 0 Å². The summed E-state index contributed by atoms with van der Waals surface area (Å²) < 4.78 is 23.7. The van der Waals surface area contributed by atoms with Gasteiger partial charge < -0.3 is 49.4 Å². The van der Waals surface area contributed by atoms with Crippen LogP contribution in [0.3, 0.4) is 0 Å². The van der Waals surface area contributed by atoms with E-state index in [0.29, 0.717) is 9.42 Å². The molecule has 0 aromatic carbocycles. The van der Waals surface area contributed by atoms with Crippen molar-refractivity contribution >= 4 is 24.0 Å². The number of aliphatic hydroxyl groups is 2. The molecular weight excluding hydrogens is 467 g/mol. The lowest BCUT2D eigenvalue weighted by molar-refractivity contribution is -0.358. The summed E-state index contributed by atoms with van der Waals surface area (Å²) >= 11 is 0. The number of nitrogens with zero attached hydrogens (tertiary/aromatic N) is 2. The van der Waals surface area contributed by atoms with Gasteiger partial charge in [-0.25, -0.2) is 14.3 Å².